The van der Waals surface area contributed by atoms with Gasteiger partial charge in [-0.05, 0) is 40.0 Å². The van der Waals surface area contributed by atoms with Crippen molar-refractivity contribution in [2.45, 2.75) is 58.1 Å². The third-order valence-corrected chi connectivity index (χ3v) is 4.25. The number of nitrogens with zero attached hydrogens (tertiary/aromatic N) is 2. The Morgan fingerprint density at radius 1 is 1.30 bits per heavy atom. The molecule has 1 N–H and O–H groups in total. The number of aliphatic carboxylic acids is 1. The maximum atomic E-state index is 12.4. The van der Waals surface area contributed by atoms with Crippen LogP contribution in [0.15, 0.2) is 0 Å². The molecule has 0 saturated carbocycles. The molecule has 0 aromatic carbocycles. The average Bonchev–Trinajstić information content (AvgIpc) is 2.79. The average molecular weight is 326 g/mol. The van der Waals surface area contributed by atoms with Crippen molar-refractivity contribution in [3.05, 3.63) is 0 Å². The van der Waals surface area contributed by atoms with E-state index in [2.05, 4.69) is 0 Å². The SMILES string of the molecule is CC(C)(C)OC(=O)N1CCCCC1CN1CC(C(=O)O)CC1=O. The van der Waals surface area contributed by atoms with Crippen molar-refractivity contribution in [1.29, 1.82) is 0 Å². The van der Waals surface area contributed by atoms with Gasteiger partial charge >= 0.3 is 12.1 Å². The Hall–Kier alpha value is -1.79. The van der Waals surface area contributed by atoms with Gasteiger partial charge in [0.1, 0.15) is 5.60 Å². The van der Waals surface area contributed by atoms with Crippen molar-refractivity contribution >= 4 is 18.0 Å². The molecule has 2 aliphatic heterocycles. The summed E-state index contributed by atoms with van der Waals surface area (Å²) < 4.78 is 5.45. The summed E-state index contributed by atoms with van der Waals surface area (Å²) in [7, 11) is 0. The lowest BCUT2D eigenvalue weighted by Gasteiger charge is -2.38. The second kappa shape index (κ2) is 6.76. The number of hydrogen-bond donors (Lipinski definition) is 1. The molecule has 0 aromatic heterocycles. The molecule has 0 radical (unpaired) electrons. The predicted octanol–water partition coefficient (Wildman–Crippen LogP) is 1.71. The molecule has 0 aromatic rings. The molecule has 2 heterocycles. The van der Waals surface area contributed by atoms with Gasteiger partial charge in [-0.2, -0.15) is 0 Å². The molecule has 0 spiro atoms. The van der Waals surface area contributed by atoms with E-state index in [1.54, 1.807) is 9.80 Å². The monoisotopic (exact) mass is 326 g/mol. The van der Waals surface area contributed by atoms with Gasteiger partial charge in [0.05, 0.1) is 12.0 Å². The van der Waals surface area contributed by atoms with Crippen molar-refractivity contribution in [3.8, 4) is 0 Å². The summed E-state index contributed by atoms with van der Waals surface area (Å²) in [6.07, 6.45) is 2.41. The zero-order valence-corrected chi connectivity index (χ0v) is 14.1. The summed E-state index contributed by atoms with van der Waals surface area (Å²) in [6, 6.07) is -0.102. The van der Waals surface area contributed by atoms with Gasteiger partial charge in [-0.15, -0.1) is 0 Å². The van der Waals surface area contributed by atoms with Crippen LogP contribution in [-0.2, 0) is 14.3 Å². The fourth-order valence-electron chi connectivity index (χ4n) is 3.12. The van der Waals surface area contributed by atoms with Crippen LogP contribution < -0.4 is 0 Å². The fraction of sp³-hybridized carbons (Fsp3) is 0.812. The first kappa shape index (κ1) is 17.6. The van der Waals surface area contributed by atoms with Gasteiger partial charge in [-0.25, -0.2) is 4.79 Å². The zero-order valence-electron chi connectivity index (χ0n) is 14.1. The highest BCUT2D eigenvalue weighted by Crippen LogP contribution is 2.24. The van der Waals surface area contributed by atoms with Crippen LogP contribution in [-0.4, -0.2) is 64.2 Å². The largest absolute Gasteiger partial charge is 0.481 e. The molecule has 23 heavy (non-hydrogen) atoms. The lowest BCUT2D eigenvalue weighted by Crippen LogP contribution is -2.51. The minimum Gasteiger partial charge on any atom is -0.481 e. The molecule has 0 bridgehead atoms. The van der Waals surface area contributed by atoms with Crippen LogP contribution in [0.4, 0.5) is 4.79 Å². The molecule has 2 atom stereocenters. The number of carboxylic acids is 1. The van der Waals surface area contributed by atoms with Crippen LogP contribution in [0.2, 0.25) is 0 Å². The Morgan fingerprint density at radius 3 is 2.57 bits per heavy atom. The number of carbonyl (C=O) groups excluding carboxylic acids is 2. The van der Waals surface area contributed by atoms with E-state index in [0.717, 1.165) is 19.3 Å². The normalized spacial score (nSPS) is 25.6. The van der Waals surface area contributed by atoms with E-state index >= 15 is 0 Å². The number of carbonyl (C=O) groups is 3. The summed E-state index contributed by atoms with van der Waals surface area (Å²) >= 11 is 0. The lowest BCUT2D eigenvalue weighted by atomic mass is 10.0. The Balaban J connectivity index is 2.00. The van der Waals surface area contributed by atoms with E-state index in [1.165, 1.54) is 0 Å². The number of hydrogen-bond acceptors (Lipinski definition) is 4. The molecular formula is C16H26N2O5. The van der Waals surface area contributed by atoms with Gasteiger partial charge < -0.3 is 19.6 Å². The zero-order chi connectivity index (χ0) is 17.2. The third kappa shape index (κ3) is 4.59. The van der Waals surface area contributed by atoms with Gasteiger partial charge in [0.25, 0.3) is 0 Å². The van der Waals surface area contributed by atoms with Crippen molar-refractivity contribution in [2.24, 2.45) is 5.92 Å². The number of carboxylic acid groups (broad SMARTS) is 1. The smallest absolute Gasteiger partial charge is 0.410 e. The highest BCUT2D eigenvalue weighted by molar-refractivity contribution is 5.86. The summed E-state index contributed by atoms with van der Waals surface area (Å²) in [4.78, 5) is 38.7. The number of ether oxygens (including phenoxy) is 1. The van der Waals surface area contributed by atoms with Crippen molar-refractivity contribution < 1.29 is 24.2 Å². The van der Waals surface area contributed by atoms with Crippen LogP contribution in [0, 0.1) is 5.92 Å². The van der Waals surface area contributed by atoms with Crippen LogP contribution >= 0.6 is 0 Å². The van der Waals surface area contributed by atoms with Crippen molar-refractivity contribution in [3.63, 3.8) is 0 Å². The van der Waals surface area contributed by atoms with Gasteiger partial charge in [-0.1, -0.05) is 0 Å². The number of piperidine rings is 1. The first-order valence-electron chi connectivity index (χ1n) is 8.17. The maximum absolute atomic E-state index is 12.4. The highest BCUT2D eigenvalue weighted by atomic mass is 16.6. The minimum atomic E-state index is -0.937. The van der Waals surface area contributed by atoms with Crippen LogP contribution in [0.3, 0.4) is 0 Å². The molecule has 2 amide bonds. The Bertz CT molecular complexity index is 485. The van der Waals surface area contributed by atoms with Crippen LogP contribution in [0.25, 0.3) is 0 Å². The van der Waals surface area contributed by atoms with E-state index < -0.39 is 17.5 Å². The van der Waals surface area contributed by atoms with E-state index in [0.29, 0.717) is 13.1 Å². The standard InChI is InChI=1S/C16H26N2O5/c1-16(2,3)23-15(22)18-7-5-4-6-12(18)10-17-9-11(14(20)21)8-13(17)19/h11-12H,4-10H2,1-3H3,(H,20,21). The molecule has 2 aliphatic rings. The van der Waals surface area contributed by atoms with Crippen LogP contribution in [0.5, 0.6) is 0 Å². The molecular weight excluding hydrogens is 300 g/mol. The van der Waals surface area contributed by atoms with Crippen LogP contribution in [0.1, 0.15) is 46.5 Å². The molecule has 0 aliphatic carbocycles. The lowest BCUT2D eigenvalue weighted by molar-refractivity contribution is -0.141. The summed E-state index contributed by atoms with van der Waals surface area (Å²) in [5.74, 6) is -1.72. The van der Waals surface area contributed by atoms with Gasteiger partial charge in [-0.3, -0.25) is 9.59 Å². The third-order valence-electron chi connectivity index (χ3n) is 4.25. The maximum Gasteiger partial charge on any atom is 0.410 e. The predicted molar refractivity (Wildman–Crippen MR) is 82.9 cm³/mol. The highest BCUT2D eigenvalue weighted by Gasteiger charge is 2.38. The van der Waals surface area contributed by atoms with Gasteiger partial charge in [0, 0.05) is 26.1 Å². The number of amides is 2. The second-order valence-electron chi connectivity index (χ2n) is 7.36. The molecule has 2 rings (SSSR count). The van der Waals surface area contributed by atoms with E-state index in [9.17, 15) is 14.4 Å². The Morgan fingerprint density at radius 2 is 2.00 bits per heavy atom. The summed E-state index contributed by atoms with van der Waals surface area (Å²) in [5.41, 5.74) is -0.559. The number of likely N-dealkylation sites (tertiary alicyclic amines) is 2. The molecule has 7 nitrogen and oxygen atoms in total. The topological polar surface area (TPSA) is 87.2 Å². The van der Waals surface area contributed by atoms with Gasteiger partial charge in [0.2, 0.25) is 5.91 Å². The fourth-order valence-corrected chi connectivity index (χ4v) is 3.12. The number of rotatable bonds is 3. The Kier molecular flexibility index (Phi) is 5.16. The van der Waals surface area contributed by atoms with E-state index in [4.69, 9.17) is 9.84 Å². The summed E-state index contributed by atoms with van der Waals surface area (Å²) in [6.45, 7) is 6.71. The van der Waals surface area contributed by atoms with E-state index in [-0.39, 0.29) is 31.0 Å². The first-order valence-corrected chi connectivity index (χ1v) is 8.17. The van der Waals surface area contributed by atoms with Crippen molar-refractivity contribution in [1.82, 2.24) is 9.80 Å². The summed E-state index contributed by atoms with van der Waals surface area (Å²) in [5, 5.41) is 9.06. The molecule has 2 fully saturated rings. The van der Waals surface area contributed by atoms with E-state index in [1.807, 2.05) is 20.8 Å². The molecule has 130 valence electrons. The molecule has 2 unspecified atom stereocenters. The quantitative estimate of drug-likeness (QED) is 0.853. The molecule has 2 saturated heterocycles. The van der Waals surface area contributed by atoms with Gasteiger partial charge in [0.15, 0.2) is 0 Å². The molecule has 7 heteroatoms. The van der Waals surface area contributed by atoms with Crippen molar-refractivity contribution in [2.75, 3.05) is 19.6 Å². The second-order valence-corrected chi connectivity index (χ2v) is 7.36. The Labute approximate surface area is 136 Å². The minimum absolute atomic E-state index is 0.0501. The first-order chi connectivity index (χ1) is 10.7.